The third kappa shape index (κ3) is 2.21. The Labute approximate surface area is 102 Å². The summed E-state index contributed by atoms with van der Waals surface area (Å²) in [6, 6.07) is 4.34. The summed E-state index contributed by atoms with van der Waals surface area (Å²) in [5.41, 5.74) is 5.75. The van der Waals surface area contributed by atoms with E-state index >= 15 is 0 Å². The van der Waals surface area contributed by atoms with Crippen LogP contribution in [-0.2, 0) is 4.74 Å². The first-order valence-electron chi connectivity index (χ1n) is 5.02. The van der Waals surface area contributed by atoms with Crippen molar-refractivity contribution >= 4 is 15.9 Å². The molecule has 0 radical (unpaired) electrons. The lowest BCUT2D eigenvalue weighted by Gasteiger charge is -2.41. The summed E-state index contributed by atoms with van der Waals surface area (Å²) >= 11 is 3.31. The molecule has 1 fully saturated rings. The summed E-state index contributed by atoms with van der Waals surface area (Å²) < 4.78 is 24.6. The van der Waals surface area contributed by atoms with Gasteiger partial charge in [0.25, 0.3) is 0 Å². The maximum atomic E-state index is 13.0. The van der Waals surface area contributed by atoms with Gasteiger partial charge in [0.05, 0.1) is 4.47 Å². The molecule has 5 heteroatoms. The zero-order valence-electron chi connectivity index (χ0n) is 8.82. The minimum Gasteiger partial charge on any atom is -0.486 e. The van der Waals surface area contributed by atoms with Crippen molar-refractivity contribution in [3.63, 3.8) is 0 Å². The minimum atomic E-state index is -0.323. The van der Waals surface area contributed by atoms with Gasteiger partial charge in [-0.05, 0) is 28.1 Å². The second kappa shape index (κ2) is 4.69. The van der Waals surface area contributed by atoms with Crippen molar-refractivity contribution in [2.75, 3.05) is 7.11 Å². The van der Waals surface area contributed by atoms with Crippen molar-refractivity contribution < 1.29 is 13.9 Å². The zero-order chi connectivity index (χ0) is 11.7. The predicted molar refractivity (Wildman–Crippen MR) is 61.9 cm³/mol. The second-order valence-corrected chi connectivity index (χ2v) is 4.69. The highest BCUT2D eigenvalue weighted by Gasteiger charge is 2.41. The molecular formula is C11H13BrFNO2. The topological polar surface area (TPSA) is 44.5 Å². The lowest BCUT2D eigenvalue weighted by Crippen LogP contribution is -2.59. The third-order valence-electron chi connectivity index (χ3n) is 2.74. The first kappa shape index (κ1) is 11.8. The van der Waals surface area contributed by atoms with Crippen LogP contribution in [0.2, 0.25) is 0 Å². The van der Waals surface area contributed by atoms with E-state index in [4.69, 9.17) is 15.2 Å². The molecule has 3 atom stereocenters. The van der Waals surface area contributed by atoms with Gasteiger partial charge < -0.3 is 15.2 Å². The summed E-state index contributed by atoms with van der Waals surface area (Å²) in [5, 5.41) is 0. The van der Waals surface area contributed by atoms with Crippen molar-refractivity contribution in [1.82, 2.24) is 0 Å². The molecule has 3 nitrogen and oxygen atoms in total. The molecule has 1 saturated carbocycles. The molecule has 1 aromatic carbocycles. The van der Waals surface area contributed by atoms with Crippen LogP contribution in [0.3, 0.4) is 0 Å². The van der Waals surface area contributed by atoms with Crippen LogP contribution in [0.4, 0.5) is 4.39 Å². The fraction of sp³-hybridized carbons (Fsp3) is 0.455. The normalized spacial score (nSPS) is 28.6. The number of rotatable bonds is 3. The van der Waals surface area contributed by atoms with Crippen LogP contribution in [0.15, 0.2) is 22.7 Å². The molecule has 0 aliphatic heterocycles. The van der Waals surface area contributed by atoms with Gasteiger partial charge in [0, 0.05) is 25.6 Å². The van der Waals surface area contributed by atoms with E-state index in [9.17, 15) is 4.39 Å². The molecule has 1 aliphatic carbocycles. The quantitative estimate of drug-likeness (QED) is 0.927. The van der Waals surface area contributed by atoms with Gasteiger partial charge in [-0.25, -0.2) is 4.39 Å². The lowest BCUT2D eigenvalue weighted by molar-refractivity contribution is -0.0785. The van der Waals surface area contributed by atoms with Crippen LogP contribution < -0.4 is 10.5 Å². The average molecular weight is 290 g/mol. The van der Waals surface area contributed by atoms with Gasteiger partial charge in [-0.2, -0.15) is 0 Å². The average Bonchev–Trinajstić information content (AvgIpc) is 2.23. The molecule has 88 valence electrons. The molecule has 0 bridgehead atoms. The van der Waals surface area contributed by atoms with Gasteiger partial charge in [0.1, 0.15) is 23.8 Å². The SMILES string of the molecule is COC1C(N)CC1Oc1cc(F)ccc1Br. The Morgan fingerprint density at radius 3 is 2.88 bits per heavy atom. The fourth-order valence-corrected chi connectivity index (χ4v) is 2.13. The Morgan fingerprint density at radius 1 is 1.50 bits per heavy atom. The monoisotopic (exact) mass is 289 g/mol. The Morgan fingerprint density at radius 2 is 2.25 bits per heavy atom. The Hall–Kier alpha value is -0.650. The van der Waals surface area contributed by atoms with E-state index in [0.29, 0.717) is 5.75 Å². The lowest BCUT2D eigenvalue weighted by atomic mass is 9.86. The highest BCUT2D eigenvalue weighted by atomic mass is 79.9. The summed E-state index contributed by atoms with van der Waals surface area (Å²) in [6.45, 7) is 0. The molecule has 0 amide bonds. The summed E-state index contributed by atoms with van der Waals surface area (Å²) in [6.07, 6.45) is 0.509. The van der Waals surface area contributed by atoms with E-state index in [1.807, 2.05) is 0 Å². The van der Waals surface area contributed by atoms with Crippen molar-refractivity contribution in [3.05, 3.63) is 28.5 Å². The van der Waals surface area contributed by atoms with Crippen LogP contribution in [0.5, 0.6) is 5.75 Å². The van der Waals surface area contributed by atoms with Gasteiger partial charge in [-0.3, -0.25) is 0 Å². The highest BCUT2D eigenvalue weighted by Crippen LogP contribution is 2.32. The number of benzene rings is 1. The molecule has 1 aliphatic rings. The van der Waals surface area contributed by atoms with Crippen molar-refractivity contribution in [3.8, 4) is 5.75 Å². The Balaban J connectivity index is 2.07. The molecular weight excluding hydrogens is 277 g/mol. The number of ether oxygens (including phenoxy) is 2. The maximum absolute atomic E-state index is 13.0. The van der Waals surface area contributed by atoms with E-state index in [2.05, 4.69) is 15.9 Å². The highest BCUT2D eigenvalue weighted by molar-refractivity contribution is 9.10. The first-order valence-corrected chi connectivity index (χ1v) is 5.81. The van der Waals surface area contributed by atoms with Gasteiger partial charge in [-0.15, -0.1) is 0 Å². The molecule has 3 unspecified atom stereocenters. The molecule has 2 rings (SSSR count). The molecule has 0 saturated heterocycles. The van der Waals surface area contributed by atoms with E-state index in [1.54, 1.807) is 13.2 Å². The van der Waals surface area contributed by atoms with Crippen LogP contribution in [0.1, 0.15) is 6.42 Å². The number of halogens is 2. The second-order valence-electron chi connectivity index (χ2n) is 3.83. The molecule has 0 heterocycles. The van der Waals surface area contributed by atoms with Crippen LogP contribution in [-0.4, -0.2) is 25.4 Å². The Bertz CT molecular complexity index is 388. The van der Waals surface area contributed by atoms with E-state index in [-0.39, 0.29) is 24.1 Å². The molecule has 0 spiro atoms. The van der Waals surface area contributed by atoms with Crippen molar-refractivity contribution in [1.29, 1.82) is 0 Å². The molecule has 0 aromatic heterocycles. The number of nitrogens with two attached hydrogens (primary N) is 1. The zero-order valence-corrected chi connectivity index (χ0v) is 10.4. The van der Waals surface area contributed by atoms with Crippen LogP contribution >= 0.6 is 15.9 Å². The fourth-order valence-electron chi connectivity index (χ4n) is 1.79. The number of methoxy groups -OCH3 is 1. The summed E-state index contributed by atoms with van der Waals surface area (Å²) in [7, 11) is 1.60. The molecule has 16 heavy (non-hydrogen) atoms. The maximum Gasteiger partial charge on any atom is 0.136 e. The van der Waals surface area contributed by atoms with E-state index in [0.717, 1.165) is 10.9 Å². The van der Waals surface area contributed by atoms with Gasteiger partial charge in [-0.1, -0.05) is 0 Å². The minimum absolute atomic E-state index is 0.00216. The number of hydrogen-bond acceptors (Lipinski definition) is 3. The van der Waals surface area contributed by atoms with Crippen molar-refractivity contribution in [2.45, 2.75) is 24.7 Å². The van der Waals surface area contributed by atoms with Crippen LogP contribution in [0, 0.1) is 5.82 Å². The van der Waals surface area contributed by atoms with Gasteiger partial charge in [0.2, 0.25) is 0 Å². The summed E-state index contributed by atoms with van der Waals surface area (Å²) in [4.78, 5) is 0. The van der Waals surface area contributed by atoms with Crippen molar-refractivity contribution in [2.24, 2.45) is 5.73 Å². The first-order chi connectivity index (χ1) is 7.61. The molecule has 2 N–H and O–H groups in total. The van der Waals surface area contributed by atoms with Crippen LogP contribution in [0.25, 0.3) is 0 Å². The largest absolute Gasteiger partial charge is 0.486 e. The number of hydrogen-bond donors (Lipinski definition) is 1. The molecule has 1 aromatic rings. The summed E-state index contributed by atoms with van der Waals surface area (Å²) in [5.74, 6) is 0.162. The van der Waals surface area contributed by atoms with E-state index < -0.39 is 0 Å². The van der Waals surface area contributed by atoms with Gasteiger partial charge >= 0.3 is 0 Å². The Kier molecular flexibility index (Phi) is 3.47. The third-order valence-corrected chi connectivity index (χ3v) is 3.39. The standard InChI is InChI=1S/C11H13BrFNO2/c1-15-11-8(14)5-10(11)16-9-4-6(13)2-3-7(9)12/h2-4,8,10-11H,5,14H2,1H3. The predicted octanol–water partition coefficient (Wildman–Crippen LogP) is 2.08. The smallest absolute Gasteiger partial charge is 0.136 e. The van der Waals surface area contributed by atoms with E-state index in [1.165, 1.54) is 12.1 Å². The van der Waals surface area contributed by atoms with Gasteiger partial charge in [0.15, 0.2) is 0 Å².